The van der Waals surface area contributed by atoms with Gasteiger partial charge in [-0.05, 0) is 32.1 Å². The Kier molecular flexibility index (Phi) is 5.41. The first-order valence-corrected chi connectivity index (χ1v) is 6.30. The van der Waals surface area contributed by atoms with Gasteiger partial charge in [-0.3, -0.25) is 14.9 Å². The Morgan fingerprint density at radius 2 is 2.06 bits per heavy atom. The summed E-state index contributed by atoms with van der Waals surface area (Å²) in [7, 11) is 0. The Morgan fingerprint density at radius 1 is 1.41 bits per heavy atom. The molecule has 2 unspecified atom stereocenters. The van der Waals surface area contributed by atoms with Gasteiger partial charge < -0.3 is 10.4 Å². The lowest BCUT2D eigenvalue weighted by molar-refractivity contribution is -0.140. The van der Waals surface area contributed by atoms with Crippen molar-refractivity contribution in [3.63, 3.8) is 0 Å². The maximum atomic E-state index is 11.5. The molecule has 17 heavy (non-hydrogen) atoms. The molecule has 0 radical (unpaired) electrons. The number of amides is 1. The summed E-state index contributed by atoms with van der Waals surface area (Å²) >= 11 is 0. The zero-order chi connectivity index (χ0) is 12.8. The van der Waals surface area contributed by atoms with Crippen LogP contribution >= 0.6 is 0 Å². The van der Waals surface area contributed by atoms with Crippen LogP contribution in [0.1, 0.15) is 39.5 Å². The van der Waals surface area contributed by atoms with Crippen molar-refractivity contribution in [1.82, 2.24) is 10.6 Å². The van der Waals surface area contributed by atoms with Crippen LogP contribution in [0.15, 0.2) is 0 Å². The van der Waals surface area contributed by atoms with Gasteiger partial charge >= 0.3 is 5.97 Å². The topological polar surface area (TPSA) is 78.4 Å². The largest absolute Gasteiger partial charge is 0.480 e. The van der Waals surface area contributed by atoms with Crippen molar-refractivity contribution >= 4 is 11.9 Å². The molecule has 0 bridgehead atoms. The third-order valence-corrected chi connectivity index (χ3v) is 2.97. The van der Waals surface area contributed by atoms with Crippen LogP contribution in [0.5, 0.6) is 0 Å². The average Bonchev–Trinajstić information content (AvgIpc) is 3.01. The molecule has 0 saturated heterocycles. The van der Waals surface area contributed by atoms with Crippen molar-refractivity contribution in [3.8, 4) is 0 Å². The summed E-state index contributed by atoms with van der Waals surface area (Å²) < 4.78 is 0. The third kappa shape index (κ3) is 5.17. The second kappa shape index (κ2) is 6.59. The Balaban J connectivity index is 2.24. The highest BCUT2D eigenvalue weighted by atomic mass is 16.4. The van der Waals surface area contributed by atoms with Crippen molar-refractivity contribution in [2.24, 2.45) is 5.92 Å². The number of carbonyl (C=O) groups is 2. The number of carbonyl (C=O) groups excluding carboxylic acids is 1. The molecule has 5 nitrogen and oxygen atoms in total. The summed E-state index contributed by atoms with van der Waals surface area (Å²) in [4.78, 5) is 22.5. The minimum atomic E-state index is -0.859. The van der Waals surface area contributed by atoms with Crippen LogP contribution in [0, 0.1) is 5.92 Å². The van der Waals surface area contributed by atoms with E-state index in [1.807, 2.05) is 6.92 Å². The predicted molar refractivity (Wildman–Crippen MR) is 64.7 cm³/mol. The highest BCUT2D eigenvalue weighted by Gasteiger charge is 2.36. The normalized spacial score (nSPS) is 18.5. The summed E-state index contributed by atoms with van der Waals surface area (Å²) in [5, 5.41) is 14.6. The smallest absolute Gasteiger partial charge is 0.320 e. The van der Waals surface area contributed by atoms with E-state index in [9.17, 15) is 9.59 Å². The van der Waals surface area contributed by atoms with E-state index in [-0.39, 0.29) is 24.4 Å². The van der Waals surface area contributed by atoms with Gasteiger partial charge in [-0.25, -0.2) is 0 Å². The number of nitrogens with one attached hydrogen (secondary N) is 2. The van der Waals surface area contributed by atoms with Crippen molar-refractivity contribution in [2.45, 2.75) is 51.6 Å². The quantitative estimate of drug-likeness (QED) is 0.586. The Bertz CT molecular complexity index is 277. The molecule has 0 aliphatic heterocycles. The van der Waals surface area contributed by atoms with Gasteiger partial charge in [0.15, 0.2) is 0 Å². The molecule has 1 aliphatic carbocycles. The van der Waals surface area contributed by atoms with Gasteiger partial charge in [0.05, 0.1) is 6.54 Å². The van der Waals surface area contributed by atoms with Gasteiger partial charge in [0, 0.05) is 6.04 Å². The summed E-state index contributed by atoms with van der Waals surface area (Å²) in [5.74, 6) is -0.784. The second-order valence-electron chi connectivity index (χ2n) is 4.79. The molecule has 5 heteroatoms. The molecule has 1 aliphatic rings. The van der Waals surface area contributed by atoms with Crippen LogP contribution in [0.4, 0.5) is 0 Å². The molecule has 1 rings (SSSR count). The molecule has 3 N–H and O–H groups in total. The maximum absolute atomic E-state index is 11.5. The molecule has 0 aromatic rings. The van der Waals surface area contributed by atoms with Gasteiger partial charge in [-0.1, -0.05) is 13.3 Å². The van der Waals surface area contributed by atoms with Crippen LogP contribution in [-0.2, 0) is 9.59 Å². The van der Waals surface area contributed by atoms with E-state index in [1.165, 1.54) is 0 Å². The molecular formula is C12H22N2O3. The number of rotatable bonds is 8. The van der Waals surface area contributed by atoms with Crippen LogP contribution in [0.2, 0.25) is 0 Å². The lowest BCUT2D eigenvalue weighted by Crippen LogP contribution is -2.46. The molecule has 0 heterocycles. The Labute approximate surface area is 102 Å². The Hall–Kier alpha value is -1.10. The fourth-order valence-corrected chi connectivity index (χ4v) is 1.92. The van der Waals surface area contributed by atoms with Gasteiger partial charge in [0.2, 0.25) is 5.91 Å². The zero-order valence-electron chi connectivity index (χ0n) is 10.5. The first-order chi connectivity index (χ1) is 8.04. The molecular weight excluding hydrogens is 220 g/mol. The first-order valence-electron chi connectivity index (χ1n) is 6.30. The van der Waals surface area contributed by atoms with Crippen LogP contribution < -0.4 is 10.6 Å². The maximum Gasteiger partial charge on any atom is 0.320 e. The lowest BCUT2D eigenvalue weighted by Gasteiger charge is -2.16. The third-order valence-electron chi connectivity index (χ3n) is 2.97. The standard InChI is InChI=1S/C12H22N2O3/c1-3-4-8(2)14-10(15)7-13-11(12(16)17)9-5-6-9/h8-9,11,13H,3-7H2,1-2H3,(H,14,15)(H,16,17). The second-order valence-corrected chi connectivity index (χ2v) is 4.79. The average molecular weight is 242 g/mol. The number of hydrogen-bond acceptors (Lipinski definition) is 3. The zero-order valence-corrected chi connectivity index (χ0v) is 10.5. The molecule has 0 spiro atoms. The van der Waals surface area contributed by atoms with E-state index in [1.54, 1.807) is 0 Å². The van der Waals surface area contributed by atoms with E-state index >= 15 is 0 Å². The van der Waals surface area contributed by atoms with Crippen molar-refractivity contribution in [3.05, 3.63) is 0 Å². The van der Waals surface area contributed by atoms with E-state index in [4.69, 9.17) is 5.11 Å². The minimum absolute atomic E-state index is 0.0848. The van der Waals surface area contributed by atoms with Crippen molar-refractivity contribution in [1.29, 1.82) is 0 Å². The molecule has 0 aromatic carbocycles. The first kappa shape index (κ1) is 14.0. The van der Waals surface area contributed by atoms with E-state index in [2.05, 4.69) is 17.6 Å². The van der Waals surface area contributed by atoms with Crippen LogP contribution in [0.25, 0.3) is 0 Å². The molecule has 1 fully saturated rings. The minimum Gasteiger partial charge on any atom is -0.480 e. The Morgan fingerprint density at radius 3 is 2.53 bits per heavy atom. The highest BCUT2D eigenvalue weighted by molar-refractivity contribution is 5.80. The van der Waals surface area contributed by atoms with Crippen LogP contribution in [0.3, 0.4) is 0 Å². The monoisotopic (exact) mass is 242 g/mol. The number of hydrogen-bond donors (Lipinski definition) is 3. The summed E-state index contributed by atoms with van der Waals surface area (Å²) in [6, 6.07) is -0.416. The van der Waals surface area contributed by atoms with Crippen molar-refractivity contribution in [2.75, 3.05) is 6.54 Å². The van der Waals surface area contributed by atoms with Gasteiger partial charge in [-0.2, -0.15) is 0 Å². The van der Waals surface area contributed by atoms with E-state index < -0.39 is 12.0 Å². The molecule has 0 aromatic heterocycles. The van der Waals surface area contributed by atoms with Crippen molar-refractivity contribution < 1.29 is 14.7 Å². The van der Waals surface area contributed by atoms with Gasteiger partial charge in [0.1, 0.15) is 6.04 Å². The molecule has 1 saturated carbocycles. The van der Waals surface area contributed by atoms with Crippen LogP contribution in [-0.4, -0.2) is 35.6 Å². The molecule has 98 valence electrons. The fourth-order valence-electron chi connectivity index (χ4n) is 1.92. The van der Waals surface area contributed by atoms with E-state index in [0.29, 0.717) is 0 Å². The molecule has 1 amide bonds. The number of carboxylic acids is 1. The predicted octanol–water partition coefficient (Wildman–Crippen LogP) is 0.744. The lowest BCUT2D eigenvalue weighted by atomic mass is 10.2. The number of carboxylic acid groups (broad SMARTS) is 1. The summed E-state index contributed by atoms with van der Waals surface area (Å²) in [6.07, 6.45) is 3.85. The van der Waals surface area contributed by atoms with E-state index in [0.717, 1.165) is 25.7 Å². The summed E-state index contributed by atoms with van der Waals surface area (Å²) in [6.45, 7) is 4.10. The van der Waals surface area contributed by atoms with Gasteiger partial charge in [-0.15, -0.1) is 0 Å². The summed E-state index contributed by atoms with van der Waals surface area (Å²) in [5.41, 5.74) is 0. The molecule has 2 atom stereocenters. The highest BCUT2D eigenvalue weighted by Crippen LogP contribution is 2.32. The number of aliphatic carboxylic acids is 1. The van der Waals surface area contributed by atoms with Gasteiger partial charge in [0.25, 0.3) is 0 Å². The fraction of sp³-hybridized carbons (Fsp3) is 0.833. The SMILES string of the molecule is CCCC(C)NC(=O)CNC(C(=O)O)C1CC1.